The summed E-state index contributed by atoms with van der Waals surface area (Å²) in [6.45, 7) is 14.4. The fraction of sp³-hybridized carbons (Fsp3) is 0.778. The van der Waals surface area contributed by atoms with Crippen molar-refractivity contribution in [2.24, 2.45) is 5.41 Å². The van der Waals surface area contributed by atoms with E-state index in [4.69, 9.17) is 4.52 Å². The van der Waals surface area contributed by atoms with Crippen LogP contribution in [0.25, 0.3) is 0 Å². The van der Waals surface area contributed by atoms with Crippen molar-refractivity contribution in [2.45, 2.75) is 66.8 Å². The minimum absolute atomic E-state index is 0.0282. The van der Waals surface area contributed by atoms with Crippen LogP contribution in [0.5, 0.6) is 0 Å². The van der Waals surface area contributed by atoms with Gasteiger partial charge in [0.2, 0.25) is 0 Å². The Hall–Kier alpha value is -1.36. The van der Waals surface area contributed by atoms with Crippen LogP contribution < -0.4 is 5.32 Å². The minimum Gasteiger partial charge on any atom is -0.360 e. The Bertz CT molecular complexity index is 512. The molecule has 1 rings (SSSR count). The van der Waals surface area contributed by atoms with Crippen molar-refractivity contribution in [3.05, 3.63) is 17.0 Å². The van der Waals surface area contributed by atoms with Crippen molar-refractivity contribution in [1.82, 2.24) is 15.4 Å². The number of aryl methyl sites for hydroxylation is 1. The summed E-state index contributed by atoms with van der Waals surface area (Å²) in [7, 11) is 2.13. The fourth-order valence-electron chi connectivity index (χ4n) is 3.10. The first kappa shape index (κ1) is 19.7. The maximum absolute atomic E-state index is 12.5. The lowest BCUT2D eigenvalue weighted by molar-refractivity contribution is 0.0815. The molecular formula is C18H33N3O2. The highest BCUT2D eigenvalue weighted by atomic mass is 16.5. The molecule has 0 saturated carbocycles. The van der Waals surface area contributed by atoms with E-state index in [1.165, 1.54) is 0 Å². The van der Waals surface area contributed by atoms with Gasteiger partial charge in [0.25, 0.3) is 5.91 Å². The van der Waals surface area contributed by atoms with E-state index in [0.717, 1.165) is 37.1 Å². The van der Waals surface area contributed by atoms with Gasteiger partial charge in [-0.3, -0.25) is 4.79 Å². The van der Waals surface area contributed by atoms with Gasteiger partial charge in [-0.05, 0) is 33.9 Å². The molecule has 132 valence electrons. The Morgan fingerprint density at radius 3 is 2.52 bits per heavy atom. The molecule has 0 aliphatic carbocycles. The van der Waals surface area contributed by atoms with Crippen LogP contribution in [0, 0.1) is 12.3 Å². The van der Waals surface area contributed by atoms with Gasteiger partial charge >= 0.3 is 0 Å². The van der Waals surface area contributed by atoms with Crippen LogP contribution in [0.2, 0.25) is 0 Å². The van der Waals surface area contributed by atoms with Gasteiger partial charge in [-0.1, -0.05) is 39.3 Å². The average molecular weight is 323 g/mol. The molecule has 0 aliphatic heterocycles. The highest BCUT2D eigenvalue weighted by molar-refractivity contribution is 5.93. The molecule has 5 heteroatoms. The number of carbonyl (C=O) groups excluding carboxylic acids is 1. The van der Waals surface area contributed by atoms with Crippen LogP contribution in [0.15, 0.2) is 4.52 Å². The largest absolute Gasteiger partial charge is 0.360 e. The summed E-state index contributed by atoms with van der Waals surface area (Å²) in [6, 6.07) is 0.386. The maximum atomic E-state index is 12.5. The van der Waals surface area contributed by atoms with E-state index in [-0.39, 0.29) is 11.3 Å². The Morgan fingerprint density at radius 1 is 1.39 bits per heavy atom. The van der Waals surface area contributed by atoms with E-state index in [2.05, 4.69) is 50.1 Å². The van der Waals surface area contributed by atoms with Crippen LogP contribution in [0.3, 0.4) is 0 Å². The average Bonchev–Trinajstić information content (AvgIpc) is 2.92. The Labute approximate surface area is 140 Å². The molecule has 0 bridgehead atoms. The number of aromatic nitrogens is 1. The number of rotatable bonds is 9. The van der Waals surface area contributed by atoms with Crippen molar-refractivity contribution in [3.63, 3.8) is 0 Å². The number of carbonyl (C=O) groups is 1. The number of nitrogens with zero attached hydrogens (tertiary/aromatic N) is 2. The van der Waals surface area contributed by atoms with Gasteiger partial charge < -0.3 is 14.7 Å². The molecule has 1 amide bonds. The zero-order valence-corrected chi connectivity index (χ0v) is 15.8. The predicted molar refractivity (Wildman–Crippen MR) is 93.7 cm³/mol. The molecule has 5 nitrogen and oxygen atoms in total. The van der Waals surface area contributed by atoms with Gasteiger partial charge in [0.15, 0.2) is 5.69 Å². The third-order valence-electron chi connectivity index (χ3n) is 5.20. The second kappa shape index (κ2) is 8.48. The number of amides is 1. The van der Waals surface area contributed by atoms with E-state index in [1.807, 2.05) is 13.8 Å². The van der Waals surface area contributed by atoms with E-state index in [0.29, 0.717) is 18.3 Å². The zero-order valence-electron chi connectivity index (χ0n) is 15.8. The third kappa shape index (κ3) is 4.56. The first-order valence-electron chi connectivity index (χ1n) is 8.74. The van der Waals surface area contributed by atoms with Crippen LogP contribution >= 0.6 is 0 Å². The van der Waals surface area contributed by atoms with Gasteiger partial charge in [0, 0.05) is 30.0 Å². The molecule has 0 fully saturated rings. The van der Waals surface area contributed by atoms with Crippen molar-refractivity contribution in [2.75, 3.05) is 20.1 Å². The summed E-state index contributed by atoms with van der Waals surface area (Å²) in [4.78, 5) is 14.8. The minimum atomic E-state index is -0.139. The molecule has 2 atom stereocenters. The molecule has 1 aromatic heterocycles. The van der Waals surface area contributed by atoms with Crippen LogP contribution in [-0.4, -0.2) is 42.1 Å². The predicted octanol–water partition coefficient (Wildman–Crippen LogP) is 3.42. The van der Waals surface area contributed by atoms with Gasteiger partial charge in [-0.15, -0.1) is 0 Å². The highest BCUT2D eigenvalue weighted by Gasteiger charge is 2.33. The topological polar surface area (TPSA) is 58.4 Å². The molecule has 2 unspecified atom stereocenters. The quantitative estimate of drug-likeness (QED) is 0.756. The van der Waals surface area contributed by atoms with Crippen LogP contribution in [-0.2, 0) is 6.42 Å². The van der Waals surface area contributed by atoms with Gasteiger partial charge in [-0.2, -0.15) is 0 Å². The number of hydrogen-bond donors (Lipinski definition) is 1. The highest BCUT2D eigenvalue weighted by Crippen LogP contribution is 2.30. The van der Waals surface area contributed by atoms with E-state index in [9.17, 15) is 4.79 Å². The van der Waals surface area contributed by atoms with Gasteiger partial charge in [0.1, 0.15) is 5.76 Å². The Morgan fingerprint density at radius 2 is 2.04 bits per heavy atom. The summed E-state index contributed by atoms with van der Waals surface area (Å²) in [6.07, 6.45) is 2.91. The molecular weight excluding hydrogens is 290 g/mol. The van der Waals surface area contributed by atoms with Crippen LogP contribution in [0.1, 0.15) is 69.3 Å². The van der Waals surface area contributed by atoms with E-state index < -0.39 is 0 Å². The first-order valence-corrected chi connectivity index (χ1v) is 8.74. The molecule has 1 aromatic rings. The molecule has 0 saturated heterocycles. The second-order valence-electron chi connectivity index (χ2n) is 6.77. The van der Waals surface area contributed by atoms with Crippen molar-refractivity contribution in [1.29, 1.82) is 0 Å². The van der Waals surface area contributed by atoms with Crippen molar-refractivity contribution >= 4 is 5.91 Å². The third-order valence-corrected chi connectivity index (χ3v) is 5.20. The normalized spacial score (nSPS) is 15.5. The zero-order chi connectivity index (χ0) is 17.6. The van der Waals surface area contributed by atoms with Gasteiger partial charge in [-0.25, -0.2) is 0 Å². The van der Waals surface area contributed by atoms with E-state index in [1.54, 1.807) is 0 Å². The number of nitrogens with one attached hydrogen (secondary N) is 1. The molecule has 23 heavy (non-hydrogen) atoms. The first-order chi connectivity index (χ1) is 10.8. The van der Waals surface area contributed by atoms with Gasteiger partial charge in [0.05, 0.1) is 0 Å². The lowest BCUT2D eigenvalue weighted by Crippen LogP contribution is -2.49. The standard InChI is InChI=1S/C18H33N3O2/c1-8-11-18(6,14(5)21(7)10-3)12-19-17(22)16-13(4)15(9-2)23-20-16/h14H,8-12H2,1-7H3,(H,19,22). The summed E-state index contributed by atoms with van der Waals surface area (Å²) < 4.78 is 5.23. The summed E-state index contributed by atoms with van der Waals surface area (Å²) in [5.41, 5.74) is 1.29. The molecule has 1 N–H and O–H groups in total. The lowest BCUT2D eigenvalue weighted by atomic mass is 9.78. The summed E-state index contributed by atoms with van der Waals surface area (Å²) in [5.74, 6) is 0.644. The molecule has 0 radical (unpaired) electrons. The Kier molecular flexibility index (Phi) is 7.26. The smallest absolute Gasteiger partial charge is 0.273 e. The molecule has 0 spiro atoms. The SMILES string of the molecule is CCCC(C)(CNC(=O)c1noc(CC)c1C)C(C)N(C)CC. The second-order valence-corrected chi connectivity index (χ2v) is 6.77. The van der Waals surface area contributed by atoms with E-state index >= 15 is 0 Å². The van der Waals surface area contributed by atoms with Crippen molar-refractivity contribution < 1.29 is 9.32 Å². The molecule has 0 aliphatic rings. The Balaban J connectivity index is 2.81. The van der Waals surface area contributed by atoms with Crippen LogP contribution in [0.4, 0.5) is 0 Å². The lowest BCUT2D eigenvalue weighted by Gasteiger charge is -2.40. The van der Waals surface area contributed by atoms with Crippen molar-refractivity contribution in [3.8, 4) is 0 Å². The monoisotopic (exact) mass is 323 g/mol. The fourth-order valence-corrected chi connectivity index (χ4v) is 3.10. The molecule has 1 heterocycles. The molecule has 0 aromatic carbocycles. The number of hydrogen-bond acceptors (Lipinski definition) is 4. The summed E-state index contributed by atoms with van der Waals surface area (Å²) in [5, 5.41) is 7.01. The summed E-state index contributed by atoms with van der Waals surface area (Å²) >= 11 is 0. The maximum Gasteiger partial charge on any atom is 0.273 e.